The third kappa shape index (κ3) is 2.17. The molecule has 1 rings (SSSR count). The number of hydrogen-bond donors (Lipinski definition) is 2. The first kappa shape index (κ1) is 9.01. The average Bonchev–Trinajstić information content (AvgIpc) is 2.04. The lowest BCUT2D eigenvalue weighted by molar-refractivity contribution is 0.141. The van der Waals surface area contributed by atoms with Crippen LogP contribution in [0.4, 0.5) is 0 Å². The fourth-order valence-electron chi connectivity index (χ4n) is 1.98. The summed E-state index contributed by atoms with van der Waals surface area (Å²) >= 11 is 0. The zero-order valence-electron chi connectivity index (χ0n) is 7.51. The summed E-state index contributed by atoms with van der Waals surface area (Å²) in [5.41, 5.74) is 0. The number of hydrogen-bond acceptors (Lipinski definition) is 2. The van der Waals surface area contributed by atoms with Crippen LogP contribution in [0.25, 0.3) is 0 Å². The normalized spacial score (nSPS) is 32.7. The second kappa shape index (κ2) is 4.07. The van der Waals surface area contributed by atoms with E-state index in [-0.39, 0.29) is 0 Å². The van der Waals surface area contributed by atoms with Gasteiger partial charge in [0.2, 0.25) is 0 Å². The Balaban J connectivity index is 2.44. The molecule has 2 nitrogen and oxygen atoms in total. The highest BCUT2D eigenvalue weighted by Crippen LogP contribution is 2.23. The summed E-state index contributed by atoms with van der Waals surface area (Å²) in [4.78, 5) is 0. The quantitative estimate of drug-likeness (QED) is 0.627. The van der Waals surface area contributed by atoms with E-state index in [9.17, 15) is 0 Å². The Labute approximate surface area is 69.0 Å². The molecule has 2 N–H and O–H groups in total. The van der Waals surface area contributed by atoms with Crippen molar-refractivity contribution in [2.24, 2.45) is 11.8 Å². The van der Waals surface area contributed by atoms with E-state index in [4.69, 9.17) is 5.11 Å². The lowest BCUT2D eigenvalue weighted by Gasteiger charge is -2.34. The second-order valence-electron chi connectivity index (χ2n) is 3.79. The second-order valence-corrected chi connectivity index (χ2v) is 3.79. The van der Waals surface area contributed by atoms with Gasteiger partial charge in [0.1, 0.15) is 0 Å². The van der Waals surface area contributed by atoms with Crippen LogP contribution in [-0.2, 0) is 0 Å². The highest BCUT2D eigenvalue weighted by atomic mass is 16.3. The van der Waals surface area contributed by atoms with Crippen LogP contribution in [0.15, 0.2) is 0 Å². The minimum absolute atomic E-state index is 0.294. The minimum Gasteiger partial charge on any atom is -0.395 e. The van der Waals surface area contributed by atoms with Crippen molar-refractivity contribution in [2.75, 3.05) is 13.2 Å². The van der Waals surface area contributed by atoms with Gasteiger partial charge >= 0.3 is 0 Å². The first-order chi connectivity index (χ1) is 5.25. The molecule has 1 saturated heterocycles. The molecule has 1 aliphatic heterocycles. The maximum atomic E-state index is 9.05. The summed E-state index contributed by atoms with van der Waals surface area (Å²) in [6.07, 6.45) is 2.54. The summed E-state index contributed by atoms with van der Waals surface area (Å²) in [5.74, 6) is 1.37. The monoisotopic (exact) mass is 157 g/mol. The highest BCUT2D eigenvalue weighted by molar-refractivity contribution is 4.82. The minimum atomic E-state index is 0.294. The van der Waals surface area contributed by atoms with Crippen molar-refractivity contribution in [3.8, 4) is 0 Å². The van der Waals surface area contributed by atoms with Crippen molar-refractivity contribution in [3.05, 3.63) is 0 Å². The van der Waals surface area contributed by atoms with Crippen LogP contribution >= 0.6 is 0 Å². The molecule has 1 fully saturated rings. The molecule has 0 radical (unpaired) electrons. The maximum absolute atomic E-state index is 9.05. The van der Waals surface area contributed by atoms with Crippen LogP contribution in [0.3, 0.4) is 0 Å². The summed E-state index contributed by atoms with van der Waals surface area (Å²) in [5, 5.41) is 12.4. The van der Waals surface area contributed by atoms with Crippen LogP contribution in [0, 0.1) is 11.8 Å². The molecule has 1 heterocycles. The zero-order chi connectivity index (χ0) is 8.27. The fraction of sp³-hybridized carbons (Fsp3) is 1.00. The number of aliphatic hydroxyl groups excluding tert-OH is 1. The molecule has 0 aromatic heterocycles. The van der Waals surface area contributed by atoms with Crippen molar-refractivity contribution in [2.45, 2.75) is 32.7 Å². The van der Waals surface area contributed by atoms with E-state index >= 15 is 0 Å². The predicted molar refractivity (Wildman–Crippen MR) is 46.4 cm³/mol. The van der Waals surface area contributed by atoms with Crippen LogP contribution in [0.2, 0.25) is 0 Å². The molecule has 0 bridgehead atoms. The molecule has 11 heavy (non-hydrogen) atoms. The summed E-state index contributed by atoms with van der Waals surface area (Å²) in [6.45, 7) is 5.85. The molecule has 0 spiro atoms. The molecule has 0 unspecified atom stereocenters. The molecule has 0 amide bonds. The van der Waals surface area contributed by atoms with E-state index in [0.29, 0.717) is 24.5 Å². The molecule has 2 heteroatoms. The Kier molecular flexibility index (Phi) is 3.34. The molecular weight excluding hydrogens is 138 g/mol. The Morgan fingerprint density at radius 3 is 2.73 bits per heavy atom. The topological polar surface area (TPSA) is 32.3 Å². The van der Waals surface area contributed by atoms with Crippen molar-refractivity contribution in [1.82, 2.24) is 5.32 Å². The Bertz CT molecular complexity index is 114. The molecular formula is C9H19NO. The van der Waals surface area contributed by atoms with Gasteiger partial charge in [-0.1, -0.05) is 13.8 Å². The fourth-order valence-corrected chi connectivity index (χ4v) is 1.98. The van der Waals surface area contributed by atoms with Crippen LogP contribution in [0.5, 0.6) is 0 Å². The molecule has 0 saturated carbocycles. The smallest absolute Gasteiger partial charge is 0.0587 e. The summed E-state index contributed by atoms with van der Waals surface area (Å²) in [6, 6.07) is 0.351. The Hall–Kier alpha value is -0.0800. The number of rotatable bonds is 2. The van der Waals surface area contributed by atoms with E-state index in [0.717, 1.165) is 6.54 Å². The third-order valence-corrected chi connectivity index (χ3v) is 2.69. The molecule has 0 aliphatic carbocycles. The van der Waals surface area contributed by atoms with Crippen molar-refractivity contribution >= 4 is 0 Å². The van der Waals surface area contributed by atoms with Gasteiger partial charge in [-0.05, 0) is 31.2 Å². The largest absolute Gasteiger partial charge is 0.395 e. The van der Waals surface area contributed by atoms with E-state index in [1.54, 1.807) is 0 Å². The first-order valence-electron chi connectivity index (χ1n) is 4.60. The number of piperidine rings is 1. The molecule has 0 aromatic rings. The van der Waals surface area contributed by atoms with Gasteiger partial charge < -0.3 is 10.4 Å². The maximum Gasteiger partial charge on any atom is 0.0587 e. The van der Waals surface area contributed by atoms with Gasteiger partial charge in [0.25, 0.3) is 0 Å². The lowest BCUT2D eigenvalue weighted by atomic mass is 9.82. The van der Waals surface area contributed by atoms with Crippen LogP contribution in [0.1, 0.15) is 26.7 Å². The Morgan fingerprint density at radius 2 is 2.27 bits per heavy atom. The van der Waals surface area contributed by atoms with Crippen molar-refractivity contribution < 1.29 is 5.11 Å². The standard InChI is InChI=1S/C9H19NO/c1-7(2)8-4-3-5-10-9(8)6-11/h7-11H,3-6H2,1-2H3/t8-,9-/m1/s1. The number of nitrogens with one attached hydrogen (secondary N) is 1. The average molecular weight is 157 g/mol. The van der Waals surface area contributed by atoms with Gasteiger partial charge in [-0.15, -0.1) is 0 Å². The summed E-state index contributed by atoms with van der Waals surface area (Å²) in [7, 11) is 0. The van der Waals surface area contributed by atoms with Gasteiger partial charge in [0.15, 0.2) is 0 Å². The van der Waals surface area contributed by atoms with E-state index in [2.05, 4.69) is 19.2 Å². The van der Waals surface area contributed by atoms with Crippen molar-refractivity contribution in [3.63, 3.8) is 0 Å². The predicted octanol–water partition coefficient (Wildman–Crippen LogP) is 1.00. The third-order valence-electron chi connectivity index (χ3n) is 2.69. The SMILES string of the molecule is CC(C)[C@H]1CCCN[C@@H]1CO. The van der Waals surface area contributed by atoms with E-state index in [1.807, 2.05) is 0 Å². The molecule has 2 atom stereocenters. The van der Waals surface area contributed by atoms with Crippen molar-refractivity contribution in [1.29, 1.82) is 0 Å². The Morgan fingerprint density at radius 1 is 1.55 bits per heavy atom. The number of aliphatic hydroxyl groups is 1. The summed E-state index contributed by atoms with van der Waals surface area (Å²) < 4.78 is 0. The van der Waals surface area contributed by atoms with Gasteiger partial charge in [0.05, 0.1) is 6.61 Å². The van der Waals surface area contributed by atoms with Crippen LogP contribution in [-0.4, -0.2) is 24.3 Å². The van der Waals surface area contributed by atoms with Gasteiger partial charge in [0, 0.05) is 6.04 Å². The van der Waals surface area contributed by atoms with Gasteiger partial charge in [-0.3, -0.25) is 0 Å². The van der Waals surface area contributed by atoms with E-state index < -0.39 is 0 Å². The highest BCUT2D eigenvalue weighted by Gasteiger charge is 2.25. The van der Waals surface area contributed by atoms with Gasteiger partial charge in [-0.2, -0.15) is 0 Å². The molecule has 0 aromatic carbocycles. The zero-order valence-corrected chi connectivity index (χ0v) is 7.51. The molecule has 66 valence electrons. The van der Waals surface area contributed by atoms with Crippen LogP contribution < -0.4 is 5.32 Å². The molecule has 1 aliphatic rings. The first-order valence-corrected chi connectivity index (χ1v) is 4.60. The van der Waals surface area contributed by atoms with Gasteiger partial charge in [-0.25, -0.2) is 0 Å². The lowest BCUT2D eigenvalue weighted by Crippen LogP contribution is -2.45. The van der Waals surface area contributed by atoms with E-state index in [1.165, 1.54) is 12.8 Å².